The number of hydrogen-bond acceptors (Lipinski definition) is 14. The molecule has 1 aromatic heterocycles. The summed E-state index contributed by atoms with van der Waals surface area (Å²) in [6, 6.07) is 0. The first-order valence-electron chi connectivity index (χ1n) is 8.37. The van der Waals surface area contributed by atoms with Crippen molar-refractivity contribution in [3.05, 3.63) is 25.7 Å². The van der Waals surface area contributed by atoms with Gasteiger partial charge in [-0.05, 0) is 0 Å². The summed E-state index contributed by atoms with van der Waals surface area (Å²) in [7, 11) is -3.45. The average Bonchev–Trinajstić information content (AvgIpc) is 2.70. The zero-order valence-electron chi connectivity index (χ0n) is 16.7. The molecule has 0 amide bonds. The number of rotatable bonds is 17. The van der Waals surface area contributed by atoms with Gasteiger partial charge in [0.05, 0.1) is 6.26 Å². The van der Waals surface area contributed by atoms with Gasteiger partial charge in [0.2, 0.25) is 16.0 Å². The lowest BCUT2D eigenvalue weighted by Gasteiger charge is -2.21. The Morgan fingerprint density at radius 3 is 1.81 bits per heavy atom. The molecule has 17 nitrogen and oxygen atoms in total. The zero-order valence-corrected chi connectivity index (χ0v) is 17.5. The van der Waals surface area contributed by atoms with E-state index < -0.39 is 46.9 Å². The highest BCUT2D eigenvalue weighted by molar-refractivity contribution is 7.88. The second kappa shape index (κ2) is 12.8. The Bertz CT molecular complexity index is 863. The summed E-state index contributed by atoms with van der Waals surface area (Å²) in [6.45, 7) is 4.80. The number of carboxylic acid groups (broad SMARTS) is 2. The third-order valence-electron chi connectivity index (χ3n) is 2.79. The third-order valence-corrected chi connectivity index (χ3v) is 3.52. The van der Waals surface area contributed by atoms with Crippen molar-refractivity contribution in [2.45, 2.75) is 0 Å². The van der Waals surface area contributed by atoms with Crippen molar-refractivity contribution in [3.8, 4) is 0 Å². The van der Waals surface area contributed by atoms with Gasteiger partial charge in [-0.15, -0.1) is 0 Å². The molecule has 0 saturated heterocycles. The molecule has 0 fully saturated rings. The van der Waals surface area contributed by atoms with Gasteiger partial charge in [0, 0.05) is 13.1 Å². The molecule has 0 aliphatic heterocycles. The molecule has 1 heterocycles. The fraction of sp³-hybridized carbons (Fsp3) is 0.357. The molecule has 4 N–H and O–H groups in total. The summed E-state index contributed by atoms with van der Waals surface area (Å²) in [4.78, 5) is 52.6. The molecular weight excluding hydrogens is 458 g/mol. The predicted octanol–water partition coefficient (Wildman–Crippen LogP) is -1.37. The van der Waals surface area contributed by atoms with Crippen LogP contribution in [0, 0.1) is 0 Å². The van der Waals surface area contributed by atoms with Gasteiger partial charge in [-0.25, -0.2) is 13.1 Å². The number of carbonyl (C=O) groups is 2. The van der Waals surface area contributed by atoms with Gasteiger partial charge in [-0.2, -0.15) is 25.1 Å². The maximum absolute atomic E-state index is 11.2. The van der Waals surface area contributed by atoms with Crippen molar-refractivity contribution < 1.29 is 48.0 Å². The van der Waals surface area contributed by atoms with Crippen molar-refractivity contribution in [1.29, 1.82) is 0 Å². The molecule has 0 saturated carbocycles. The Hall–Kier alpha value is -3.74. The van der Waals surface area contributed by atoms with Crippen LogP contribution in [0.4, 0.5) is 17.8 Å². The van der Waals surface area contributed by atoms with Gasteiger partial charge in [0.1, 0.15) is 12.5 Å². The van der Waals surface area contributed by atoms with E-state index in [-0.39, 0.29) is 19.0 Å². The van der Waals surface area contributed by atoms with Crippen LogP contribution in [0.1, 0.15) is 0 Å². The maximum Gasteiger partial charge on any atom is 0.326 e. The molecule has 0 radical (unpaired) electrons. The third kappa shape index (κ3) is 10.3. The van der Waals surface area contributed by atoms with E-state index in [2.05, 4.69) is 47.9 Å². The van der Waals surface area contributed by atoms with Crippen molar-refractivity contribution in [2.24, 2.45) is 0 Å². The lowest BCUT2D eigenvalue weighted by Crippen LogP contribution is -2.35. The fourth-order valence-corrected chi connectivity index (χ4v) is 2.21. The number of nitrogens with one attached hydrogen (secondary N) is 2. The van der Waals surface area contributed by atoms with Gasteiger partial charge < -0.3 is 25.3 Å². The Balaban J connectivity index is 3.30. The van der Waals surface area contributed by atoms with Gasteiger partial charge >= 0.3 is 11.9 Å². The van der Waals surface area contributed by atoms with E-state index in [1.807, 2.05) is 0 Å². The van der Waals surface area contributed by atoms with Crippen LogP contribution in [0.2, 0.25) is 0 Å². The van der Waals surface area contributed by atoms with E-state index in [0.717, 1.165) is 18.8 Å². The molecule has 178 valence electrons. The molecule has 32 heavy (non-hydrogen) atoms. The summed E-state index contributed by atoms with van der Waals surface area (Å²) in [5.41, 5.74) is 0. The number of aromatic nitrogens is 3. The first-order valence-corrected chi connectivity index (χ1v) is 10.3. The molecule has 1 aromatic rings. The van der Waals surface area contributed by atoms with Crippen LogP contribution < -0.4 is 20.2 Å². The monoisotopic (exact) mass is 479 g/mol. The molecule has 0 aromatic carbocycles. The largest absolute Gasteiger partial charge is 0.480 e. The number of carboxylic acids is 2. The molecule has 0 aliphatic carbocycles. The first kappa shape index (κ1) is 26.3. The Labute approximate surface area is 181 Å². The zero-order chi connectivity index (χ0) is 24.1. The number of anilines is 3. The van der Waals surface area contributed by atoms with Crippen molar-refractivity contribution in [2.75, 3.05) is 47.9 Å². The highest BCUT2D eigenvalue weighted by Crippen LogP contribution is 2.18. The smallest absolute Gasteiger partial charge is 0.326 e. The quantitative estimate of drug-likeness (QED) is 0.0877. The van der Waals surface area contributed by atoms with Crippen LogP contribution in [0.15, 0.2) is 25.7 Å². The standard InChI is InChI=1S/C14H21N7O10S/c1-4-28-30-20(8-10(22)23)13-17-12(15-6-7-16-32(3,26)27)18-14(19-13)21(9-11(24)25)31-29-5-2/h4-5,16H,1-2,6-9H2,3H3,(H,22,23)(H,24,25)(H,15,17,18,19). The summed E-state index contributed by atoms with van der Waals surface area (Å²) in [5, 5.41) is 22.0. The molecule has 0 bridgehead atoms. The van der Waals surface area contributed by atoms with E-state index in [1.54, 1.807) is 0 Å². The second-order valence-corrected chi connectivity index (χ2v) is 7.22. The molecule has 0 spiro atoms. The number of aliphatic carboxylic acids is 2. The lowest BCUT2D eigenvalue weighted by atomic mass is 10.6. The van der Waals surface area contributed by atoms with Crippen LogP contribution >= 0.6 is 0 Å². The Morgan fingerprint density at radius 1 is 0.969 bits per heavy atom. The van der Waals surface area contributed by atoms with Crippen molar-refractivity contribution in [3.63, 3.8) is 0 Å². The molecule has 18 heteroatoms. The highest BCUT2D eigenvalue weighted by Gasteiger charge is 2.23. The van der Waals surface area contributed by atoms with Crippen LogP contribution in [0.3, 0.4) is 0 Å². The van der Waals surface area contributed by atoms with Gasteiger partial charge in [0.15, 0.2) is 13.1 Å². The summed E-state index contributed by atoms with van der Waals surface area (Å²) in [5.74, 6) is -3.85. The summed E-state index contributed by atoms with van der Waals surface area (Å²) in [6.07, 6.45) is 2.67. The van der Waals surface area contributed by atoms with Crippen molar-refractivity contribution in [1.82, 2.24) is 19.7 Å². The van der Waals surface area contributed by atoms with Gasteiger partial charge in [0.25, 0.3) is 11.9 Å². The van der Waals surface area contributed by atoms with Gasteiger partial charge in [-0.3, -0.25) is 9.59 Å². The predicted molar refractivity (Wildman–Crippen MR) is 106 cm³/mol. The molecule has 0 unspecified atom stereocenters. The number of sulfonamides is 1. The number of hydrogen-bond donors (Lipinski definition) is 4. The fourth-order valence-electron chi connectivity index (χ4n) is 1.74. The van der Waals surface area contributed by atoms with Gasteiger partial charge in [-0.1, -0.05) is 23.1 Å². The van der Waals surface area contributed by atoms with Crippen LogP contribution in [0.25, 0.3) is 0 Å². The average molecular weight is 479 g/mol. The minimum absolute atomic E-state index is 0.0120. The molecule has 0 atom stereocenters. The first-order chi connectivity index (χ1) is 15.1. The normalized spacial score (nSPS) is 10.7. The maximum atomic E-state index is 11.2. The second-order valence-electron chi connectivity index (χ2n) is 5.39. The van der Waals surface area contributed by atoms with E-state index >= 15 is 0 Å². The Kier molecular flexibility index (Phi) is 10.6. The molecular formula is C14H21N7O10S. The van der Waals surface area contributed by atoms with Crippen LogP contribution in [-0.2, 0) is 39.4 Å². The number of hydroxylamine groups is 2. The Morgan fingerprint density at radius 2 is 1.44 bits per heavy atom. The summed E-state index contributed by atoms with van der Waals surface area (Å²) >= 11 is 0. The molecule has 0 aliphatic rings. The lowest BCUT2D eigenvalue weighted by molar-refractivity contribution is -0.262. The van der Waals surface area contributed by atoms with Crippen LogP contribution in [0.5, 0.6) is 0 Å². The number of nitrogens with zero attached hydrogens (tertiary/aromatic N) is 5. The SMILES string of the molecule is C=COON(CC(=O)O)c1nc(NCCNS(C)(=O)=O)nc(N(CC(=O)O)OOC=C)n1. The van der Waals surface area contributed by atoms with Crippen LogP contribution in [-0.4, -0.2) is 78.0 Å². The minimum Gasteiger partial charge on any atom is -0.480 e. The van der Waals surface area contributed by atoms with E-state index in [4.69, 9.17) is 20.2 Å². The van der Waals surface area contributed by atoms with E-state index in [0.29, 0.717) is 10.1 Å². The summed E-state index contributed by atoms with van der Waals surface area (Å²) < 4.78 is 24.5. The minimum atomic E-state index is -3.45. The van der Waals surface area contributed by atoms with E-state index in [1.165, 1.54) is 0 Å². The van der Waals surface area contributed by atoms with Crippen molar-refractivity contribution >= 4 is 39.8 Å². The topological polar surface area (TPSA) is 215 Å². The molecule has 1 rings (SSSR count). The highest BCUT2D eigenvalue weighted by atomic mass is 32.2. The van der Waals surface area contributed by atoms with E-state index in [9.17, 15) is 18.0 Å².